The van der Waals surface area contributed by atoms with Gasteiger partial charge in [0.15, 0.2) is 0 Å². The van der Waals surface area contributed by atoms with Gasteiger partial charge in [0, 0.05) is 24.4 Å². The summed E-state index contributed by atoms with van der Waals surface area (Å²) in [4.78, 5) is 15.3. The van der Waals surface area contributed by atoms with Crippen LogP contribution in [-0.2, 0) is 9.53 Å². The van der Waals surface area contributed by atoms with Gasteiger partial charge in [0.2, 0.25) is 0 Å². The topological polar surface area (TPSA) is 55.6 Å². The number of ether oxygens (including phenoxy) is 1. The minimum Gasteiger partial charge on any atom is -0.494 e. The van der Waals surface area contributed by atoms with Crippen molar-refractivity contribution in [3.05, 3.63) is 77.5 Å². The van der Waals surface area contributed by atoms with Crippen molar-refractivity contribution in [2.45, 2.75) is 25.7 Å². The molecule has 0 unspecified atom stereocenters. The first-order chi connectivity index (χ1) is 14.0. The number of nitrogens with zero attached hydrogens (tertiary/aromatic N) is 1. The molecule has 1 aromatic rings. The van der Waals surface area contributed by atoms with Gasteiger partial charge >= 0.3 is 0 Å². The predicted octanol–water partition coefficient (Wildman–Crippen LogP) is 4.59. The Labute approximate surface area is 177 Å². The molecule has 0 radical (unpaired) electrons. The van der Waals surface area contributed by atoms with Crippen molar-refractivity contribution in [2.75, 3.05) is 19.7 Å². The van der Waals surface area contributed by atoms with Crippen LogP contribution in [0.4, 0.5) is 4.39 Å². The first-order valence-corrected chi connectivity index (χ1v) is 10.4. The quantitative estimate of drug-likeness (QED) is 0.353. The maximum atomic E-state index is 13.2. The molecule has 0 atom stereocenters. The molecule has 1 fully saturated rings. The summed E-state index contributed by atoms with van der Waals surface area (Å²) in [7, 11) is 0. The van der Waals surface area contributed by atoms with Gasteiger partial charge < -0.3 is 15.4 Å². The summed E-state index contributed by atoms with van der Waals surface area (Å²) >= 11 is 4.48. The van der Waals surface area contributed by atoms with Gasteiger partial charge in [-0.3, -0.25) is 4.79 Å². The van der Waals surface area contributed by atoms with Gasteiger partial charge in [-0.15, -0.1) is 12.6 Å². The van der Waals surface area contributed by atoms with Crippen LogP contribution in [0, 0.1) is 5.92 Å². The normalized spacial score (nSPS) is 17.0. The summed E-state index contributed by atoms with van der Waals surface area (Å²) in [5.41, 5.74) is 7.15. The number of thiol groups is 1. The highest BCUT2D eigenvalue weighted by atomic mass is 32.1. The molecule has 0 aliphatic heterocycles. The maximum absolute atomic E-state index is 13.2. The van der Waals surface area contributed by atoms with E-state index in [0.29, 0.717) is 42.7 Å². The Morgan fingerprint density at radius 1 is 1.24 bits per heavy atom. The smallest absolute Gasteiger partial charge is 0.270 e. The van der Waals surface area contributed by atoms with E-state index in [1.807, 2.05) is 30.3 Å². The second-order valence-corrected chi connectivity index (χ2v) is 7.76. The molecule has 29 heavy (non-hydrogen) atoms. The minimum atomic E-state index is -0.190. The molecule has 0 aromatic heterocycles. The summed E-state index contributed by atoms with van der Waals surface area (Å²) in [5.74, 6) is 0.792. The molecule has 2 aliphatic carbocycles. The first-order valence-electron chi connectivity index (χ1n) is 9.93. The van der Waals surface area contributed by atoms with E-state index in [1.165, 1.54) is 6.08 Å². The van der Waals surface area contributed by atoms with Crippen LogP contribution >= 0.6 is 12.6 Å². The standard InChI is InChI=1S/C23H27FN2O2S/c24-19-8-4-9-20(13-12-19)28-15-5-14-26(16-17-10-11-17)23(27)21(25)22(29)18-6-2-1-3-7-18/h1-4,6-7,9,12-13,17,29H,5,8,10-11,14-16,25H2/b22-21-. The monoisotopic (exact) mass is 414 g/mol. The lowest BCUT2D eigenvalue weighted by molar-refractivity contribution is -0.127. The van der Waals surface area contributed by atoms with Crippen molar-refractivity contribution in [1.29, 1.82) is 0 Å². The third-order valence-corrected chi connectivity index (χ3v) is 5.36. The van der Waals surface area contributed by atoms with Crippen LogP contribution in [0.15, 0.2) is 71.9 Å². The highest BCUT2D eigenvalue weighted by Gasteiger charge is 2.28. The molecular formula is C23H27FN2O2S. The zero-order valence-electron chi connectivity index (χ0n) is 16.4. The van der Waals surface area contributed by atoms with Crippen molar-refractivity contribution in [3.63, 3.8) is 0 Å². The molecule has 0 spiro atoms. The molecule has 2 N–H and O–H groups in total. The molecule has 6 heteroatoms. The average Bonchev–Trinajstić information content (AvgIpc) is 3.58. The van der Waals surface area contributed by atoms with Gasteiger partial charge in [0.25, 0.3) is 5.91 Å². The lowest BCUT2D eigenvalue weighted by Crippen LogP contribution is -2.37. The van der Waals surface area contributed by atoms with Gasteiger partial charge in [-0.05, 0) is 49.0 Å². The number of nitrogens with two attached hydrogens (primary N) is 1. The van der Waals surface area contributed by atoms with Gasteiger partial charge in [-0.2, -0.15) is 0 Å². The number of halogens is 1. The van der Waals surface area contributed by atoms with Crippen molar-refractivity contribution in [2.24, 2.45) is 11.7 Å². The van der Waals surface area contributed by atoms with Crippen molar-refractivity contribution in [3.8, 4) is 0 Å². The van der Waals surface area contributed by atoms with Crippen LogP contribution < -0.4 is 5.73 Å². The van der Waals surface area contributed by atoms with Gasteiger partial charge in [-0.25, -0.2) is 4.39 Å². The van der Waals surface area contributed by atoms with Crippen molar-refractivity contribution in [1.82, 2.24) is 4.90 Å². The molecular weight excluding hydrogens is 387 g/mol. The molecule has 4 nitrogen and oxygen atoms in total. The van der Waals surface area contributed by atoms with E-state index in [0.717, 1.165) is 18.4 Å². The number of benzene rings is 1. The summed E-state index contributed by atoms with van der Waals surface area (Å²) in [6.45, 7) is 1.69. The van der Waals surface area contributed by atoms with E-state index in [9.17, 15) is 9.18 Å². The molecule has 0 bridgehead atoms. The lowest BCUT2D eigenvalue weighted by Gasteiger charge is -2.23. The Bertz CT molecular complexity index is 842. The fraction of sp³-hybridized carbons (Fsp3) is 0.348. The molecule has 1 aromatic carbocycles. The SMILES string of the molecule is N/C(C(=O)N(CCCOC1=CC=C(F)CC=C1)CC1CC1)=C(\S)c1ccccc1. The predicted molar refractivity (Wildman–Crippen MR) is 117 cm³/mol. The zero-order chi connectivity index (χ0) is 20.6. The Kier molecular flexibility index (Phi) is 7.58. The molecule has 1 amide bonds. The lowest BCUT2D eigenvalue weighted by atomic mass is 10.1. The fourth-order valence-corrected chi connectivity index (χ4v) is 3.28. The highest BCUT2D eigenvalue weighted by molar-refractivity contribution is 7.90. The van der Waals surface area contributed by atoms with E-state index >= 15 is 0 Å². The third-order valence-electron chi connectivity index (χ3n) is 4.86. The second-order valence-electron chi connectivity index (χ2n) is 7.31. The largest absolute Gasteiger partial charge is 0.494 e. The number of rotatable bonds is 9. The Morgan fingerprint density at radius 2 is 2.00 bits per heavy atom. The Balaban J connectivity index is 1.58. The van der Waals surface area contributed by atoms with Crippen LogP contribution in [0.1, 0.15) is 31.2 Å². The van der Waals surface area contributed by atoms with Crippen molar-refractivity contribution >= 4 is 23.4 Å². The van der Waals surface area contributed by atoms with Gasteiger partial charge in [-0.1, -0.05) is 36.4 Å². The number of amides is 1. The van der Waals surface area contributed by atoms with E-state index in [2.05, 4.69) is 12.6 Å². The second kappa shape index (κ2) is 10.3. The summed E-state index contributed by atoms with van der Waals surface area (Å²) in [5, 5.41) is 0. The summed E-state index contributed by atoms with van der Waals surface area (Å²) in [6.07, 6.45) is 9.78. The van der Waals surface area contributed by atoms with Gasteiger partial charge in [0.05, 0.1) is 6.61 Å². The number of hydrogen-bond donors (Lipinski definition) is 2. The highest BCUT2D eigenvalue weighted by Crippen LogP contribution is 2.30. The van der Waals surface area contributed by atoms with E-state index in [4.69, 9.17) is 10.5 Å². The summed E-state index contributed by atoms with van der Waals surface area (Å²) in [6, 6.07) is 9.45. The number of allylic oxidation sites excluding steroid dienone is 5. The van der Waals surface area contributed by atoms with Crippen LogP contribution in [0.5, 0.6) is 0 Å². The van der Waals surface area contributed by atoms with Gasteiger partial charge in [0.1, 0.15) is 17.3 Å². The molecule has 3 rings (SSSR count). The van der Waals surface area contributed by atoms with Crippen LogP contribution in [0.25, 0.3) is 4.91 Å². The first kappa shape index (κ1) is 21.2. The molecule has 1 saturated carbocycles. The summed E-state index contributed by atoms with van der Waals surface area (Å²) < 4.78 is 18.9. The van der Waals surface area contributed by atoms with Crippen LogP contribution in [0.2, 0.25) is 0 Å². The molecule has 154 valence electrons. The van der Waals surface area contributed by atoms with Crippen LogP contribution in [0.3, 0.4) is 0 Å². The van der Waals surface area contributed by atoms with Crippen molar-refractivity contribution < 1.29 is 13.9 Å². The van der Waals surface area contributed by atoms with E-state index in [1.54, 1.807) is 23.1 Å². The van der Waals surface area contributed by atoms with E-state index < -0.39 is 0 Å². The fourth-order valence-electron chi connectivity index (χ4n) is 3.04. The third kappa shape index (κ3) is 6.53. The number of hydrogen-bond acceptors (Lipinski definition) is 4. The molecule has 0 saturated heterocycles. The Hall–Kier alpha value is -2.47. The average molecular weight is 415 g/mol. The maximum Gasteiger partial charge on any atom is 0.270 e. The van der Waals surface area contributed by atoms with Crippen LogP contribution in [-0.4, -0.2) is 30.5 Å². The van der Waals surface area contributed by atoms with E-state index in [-0.39, 0.29) is 23.9 Å². The number of carbonyl (C=O) groups is 1. The Morgan fingerprint density at radius 3 is 2.72 bits per heavy atom. The minimum absolute atomic E-state index is 0.163. The molecule has 2 aliphatic rings. The molecule has 0 heterocycles. The number of carbonyl (C=O) groups excluding carboxylic acids is 1. The zero-order valence-corrected chi connectivity index (χ0v) is 17.3.